The lowest BCUT2D eigenvalue weighted by atomic mass is 10.0. The van der Waals surface area contributed by atoms with E-state index in [9.17, 15) is 0 Å². The van der Waals surface area contributed by atoms with Crippen molar-refractivity contribution in [3.8, 4) is 0 Å². The molecule has 1 rings (SSSR count). The average molecular weight is 250 g/mol. The number of hydrogen-bond acceptors (Lipinski definition) is 5. The van der Waals surface area contributed by atoms with E-state index in [0.717, 1.165) is 38.5 Å². The van der Waals surface area contributed by atoms with E-state index < -0.39 is 5.79 Å². The van der Waals surface area contributed by atoms with Gasteiger partial charge in [0.1, 0.15) is 11.9 Å². The van der Waals surface area contributed by atoms with Crippen LogP contribution in [0.3, 0.4) is 0 Å². The molecule has 0 saturated carbocycles. The minimum Gasteiger partial charge on any atom is -0.223 e. The van der Waals surface area contributed by atoms with E-state index >= 15 is 0 Å². The molecule has 0 bridgehead atoms. The van der Waals surface area contributed by atoms with E-state index in [2.05, 4.69) is 13.8 Å². The lowest BCUT2D eigenvalue weighted by Crippen LogP contribution is -2.37. The molecule has 0 spiro atoms. The van der Waals surface area contributed by atoms with Crippen molar-refractivity contribution in [2.75, 3.05) is 11.9 Å². The van der Waals surface area contributed by atoms with Gasteiger partial charge in [0.2, 0.25) is 5.79 Å². The minimum atomic E-state index is -0.701. The summed E-state index contributed by atoms with van der Waals surface area (Å²) in [5.74, 6) is 0.278. The molecule has 16 heavy (non-hydrogen) atoms. The largest absolute Gasteiger partial charge is 0.234 e. The third-order valence-electron chi connectivity index (χ3n) is 2.51. The normalized spacial score (nSPS) is 21.4. The van der Waals surface area contributed by atoms with Gasteiger partial charge in [0.05, 0.1) is 0 Å². The van der Waals surface area contributed by atoms with Crippen LogP contribution in [-0.4, -0.2) is 17.7 Å². The van der Waals surface area contributed by atoms with E-state index in [1.165, 1.54) is 11.8 Å². The lowest BCUT2D eigenvalue weighted by molar-refractivity contribution is -0.510. The second-order valence-electron chi connectivity index (χ2n) is 3.96. The maximum atomic E-state index is 5.41. The Bertz CT molecular complexity index is 152. The van der Waals surface area contributed by atoms with Gasteiger partial charge in [0.15, 0.2) is 0 Å². The first-order valence-corrected chi connectivity index (χ1v) is 7.17. The molecule has 0 amide bonds. The van der Waals surface area contributed by atoms with Crippen molar-refractivity contribution in [1.82, 2.24) is 0 Å². The highest BCUT2D eigenvalue weighted by Crippen LogP contribution is 2.30. The van der Waals surface area contributed by atoms with Crippen molar-refractivity contribution >= 4 is 11.8 Å². The zero-order valence-corrected chi connectivity index (χ0v) is 11.0. The second-order valence-corrected chi connectivity index (χ2v) is 4.84. The van der Waals surface area contributed by atoms with Gasteiger partial charge in [-0.15, -0.1) is 0 Å². The molecule has 0 unspecified atom stereocenters. The molecule has 4 nitrogen and oxygen atoms in total. The molecular formula is C11H22O4S. The van der Waals surface area contributed by atoms with Crippen LogP contribution >= 0.6 is 11.8 Å². The molecule has 0 aliphatic carbocycles. The monoisotopic (exact) mass is 250 g/mol. The van der Waals surface area contributed by atoms with Crippen molar-refractivity contribution in [3.05, 3.63) is 0 Å². The Labute approximate surface area is 102 Å². The van der Waals surface area contributed by atoms with Crippen LogP contribution in [0.5, 0.6) is 0 Å². The SMILES string of the molecule is CCCCC1(CCCC)OOCSCOO1. The lowest BCUT2D eigenvalue weighted by Gasteiger charge is -2.31. The molecule has 0 aromatic rings. The van der Waals surface area contributed by atoms with Gasteiger partial charge in [-0.05, 0) is 12.8 Å². The third-order valence-corrected chi connectivity index (χ3v) is 3.03. The molecule has 1 aliphatic rings. The summed E-state index contributed by atoms with van der Waals surface area (Å²) >= 11 is 1.48. The molecule has 0 atom stereocenters. The van der Waals surface area contributed by atoms with E-state index in [0.29, 0.717) is 11.9 Å². The van der Waals surface area contributed by atoms with E-state index in [1.807, 2.05) is 0 Å². The summed E-state index contributed by atoms with van der Waals surface area (Å²) in [6.45, 7) is 4.29. The van der Waals surface area contributed by atoms with E-state index in [-0.39, 0.29) is 0 Å². The first-order valence-electron chi connectivity index (χ1n) is 6.02. The Morgan fingerprint density at radius 1 is 0.938 bits per heavy atom. The van der Waals surface area contributed by atoms with Gasteiger partial charge >= 0.3 is 0 Å². The Morgan fingerprint density at radius 3 is 1.88 bits per heavy atom. The third kappa shape index (κ3) is 5.01. The van der Waals surface area contributed by atoms with E-state index in [4.69, 9.17) is 19.6 Å². The van der Waals surface area contributed by atoms with Crippen LogP contribution in [0.15, 0.2) is 0 Å². The van der Waals surface area contributed by atoms with Gasteiger partial charge < -0.3 is 0 Å². The number of rotatable bonds is 6. The summed E-state index contributed by atoms with van der Waals surface area (Å²) in [5, 5.41) is 0. The zero-order chi connectivity index (χ0) is 11.7. The van der Waals surface area contributed by atoms with Crippen molar-refractivity contribution in [2.24, 2.45) is 0 Å². The number of unbranched alkanes of at least 4 members (excludes halogenated alkanes) is 2. The Hall–Kier alpha value is 0.190. The first kappa shape index (κ1) is 14.3. The summed E-state index contributed by atoms with van der Waals surface area (Å²) in [7, 11) is 0. The molecule has 1 fully saturated rings. The van der Waals surface area contributed by atoms with Crippen LogP contribution in [0.2, 0.25) is 0 Å². The van der Waals surface area contributed by atoms with Crippen LogP contribution in [0.4, 0.5) is 0 Å². The summed E-state index contributed by atoms with van der Waals surface area (Å²) in [5.41, 5.74) is 0. The van der Waals surface area contributed by atoms with Crippen molar-refractivity contribution in [1.29, 1.82) is 0 Å². The Morgan fingerprint density at radius 2 is 1.44 bits per heavy atom. The van der Waals surface area contributed by atoms with Gasteiger partial charge in [-0.25, -0.2) is 9.78 Å². The average Bonchev–Trinajstić information content (AvgIpc) is 2.27. The molecular weight excluding hydrogens is 228 g/mol. The summed E-state index contributed by atoms with van der Waals surface area (Å²) in [6.07, 6.45) is 5.93. The summed E-state index contributed by atoms with van der Waals surface area (Å²) in [4.78, 5) is 21.1. The molecule has 5 heteroatoms. The molecule has 1 saturated heterocycles. The topological polar surface area (TPSA) is 36.9 Å². The molecule has 0 aromatic heterocycles. The van der Waals surface area contributed by atoms with Gasteiger partial charge in [-0.1, -0.05) is 38.5 Å². The molecule has 0 aromatic carbocycles. The van der Waals surface area contributed by atoms with Crippen LogP contribution in [0.1, 0.15) is 52.4 Å². The Balaban J connectivity index is 2.49. The minimum absolute atomic E-state index is 0.489. The highest BCUT2D eigenvalue weighted by Gasteiger charge is 2.35. The van der Waals surface area contributed by atoms with Crippen LogP contribution < -0.4 is 0 Å². The molecule has 1 heterocycles. The highest BCUT2D eigenvalue weighted by atomic mass is 32.2. The second kappa shape index (κ2) is 8.31. The van der Waals surface area contributed by atoms with Crippen molar-refractivity contribution < 1.29 is 19.6 Å². The number of thioether (sulfide) groups is 1. The summed E-state index contributed by atoms with van der Waals surface area (Å²) in [6, 6.07) is 0. The first-order chi connectivity index (χ1) is 7.83. The standard InChI is InChI=1S/C11H22O4S/c1-3-5-7-11(8-6-4-2)14-12-9-16-10-13-15-11/h3-10H2,1-2H3. The molecule has 0 N–H and O–H groups in total. The smallest absolute Gasteiger partial charge is 0.223 e. The highest BCUT2D eigenvalue weighted by molar-refractivity contribution is 7.98. The van der Waals surface area contributed by atoms with Gasteiger partial charge in [-0.2, -0.15) is 9.78 Å². The molecule has 1 aliphatic heterocycles. The summed E-state index contributed by atoms with van der Waals surface area (Å²) < 4.78 is 0. The van der Waals surface area contributed by atoms with E-state index in [1.54, 1.807) is 0 Å². The fraction of sp³-hybridized carbons (Fsp3) is 1.00. The van der Waals surface area contributed by atoms with Crippen molar-refractivity contribution in [2.45, 2.75) is 58.2 Å². The fourth-order valence-electron chi connectivity index (χ4n) is 1.56. The zero-order valence-electron chi connectivity index (χ0n) is 10.2. The van der Waals surface area contributed by atoms with Crippen LogP contribution in [0.25, 0.3) is 0 Å². The number of hydrogen-bond donors (Lipinski definition) is 0. The van der Waals surface area contributed by atoms with Crippen molar-refractivity contribution in [3.63, 3.8) is 0 Å². The predicted molar refractivity (Wildman–Crippen MR) is 63.4 cm³/mol. The predicted octanol–water partition coefficient (Wildman–Crippen LogP) is 3.62. The van der Waals surface area contributed by atoms with Gasteiger partial charge in [-0.3, -0.25) is 0 Å². The quantitative estimate of drug-likeness (QED) is 0.673. The van der Waals surface area contributed by atoms with Gasteiger partial charge in [0.25, 0.3) is 0 Å². The van der Waals surface area contributed by atoms with Crippen LogP contribution in [-0.2, 0) is 19.6 Å². The maximum absolute atomic E-state index is 5.41. The fourth-order valence-corrected chi connectivity index (χ4v) is 1.86. The molecule has 96 valence electrons. The maximum Gasteiger partial charge on any atom is 0.234 e. The molecule has 0 radical (unpaired) electrons. The van der Waals surface area contributed by atoms with Crippen LogP contribution in [0, 0.1) is 0 Å². The Kier molecular flexibility index (Phi) is 7.40. The van der Waals surface area contributed by atoms with Gasteiger partial charge in [0, 0.05) is 12.8 Å².